The number of rotatable bonds is 2. The lowest BCUT2D eigenvalue weighted by Gasteiger charge is -2.15. The molecule has 1 aromatic heterocycles. The van der Waals surface area contributed by atoms with Crippen molar-refractivity contribution in [3.63, 3.8) is 0 Å². The number of hydrogen-bond acceptors (Lipinski definition) is 3. The normalized spacial score (nSPS) is 10.9. The van der Waals surface area contributed by atoms with Crippen molar-refractivity contribution < 1.29 is 0 Å². The molecule has 0 aliphatic carbocycles. The first kappa shape index (κ1) is 14.8. The van der Waals surface area contributed by atoms with Crippen molar-refractivity contribution in [1.82, 2.24) is 9.55 Å². The van der Waals surface area contributed by atoms with E-state index < -0.39 is 0 Å². The van der Waals surface area contributed by atoms with Crippen molar-refractivity contribution >= 4 is 32.5 Å². The summed E-state index contributed by atoms with van der Waals surface area (Å²) in [6.07, 6.45) is 0. The molecule has 2 aromatic carbocycles. The fourth-order valence-corrected chi connectivity index (χ4v) is 2.83. The van der Waals surface area contributed by atoms with Crippen LogP contribution >= 0.6 is 15.9 Å². The lowest BCUT2D eigenvalue weighted by Crippen LogP contribution is -2.22. The second kappa shape index (κ2) is 5.57. The van der Waals surface area contributed by atoms with Crippen molar-refractivity contribution in [3.05, 3.63) is 63.1 Å². The van der Waals surface area contributed by atoms with Gasteiger partial charge in [-0.05, 0) is 49.4 Å². The molecule has 0 saturated heterocycles. The maximum Gasteiger partial charge on any atom is 0.265 e. The highest BCUT2D eigenvalue weighted by atomic mass is 79.9. The summed E-state index contributed by atoms with van der Waals surface area (Å²) in [4.78, 5) is 19.4. The zero-order chi connectivity index (χ0) is 15.9. The highest BCUT2D eigenvalue weighted by Crippen LogP contribution is 2.19. The summed E-state index contributed by atoms with van der Waals surface area (Å²) in [5.41, 5.74) is 2.57. The fourth-order valence-electron chi connectivity index (χ4n) is 2.47. The molecule has 0 bridgehead atoms. The Bertz CT molecular complexity index is 898. The van der Waals surface area contributed by atoms with Gasteiger partial charge in [-0.15, -0.1) is 0 Å². The molecule has 112 valence electrons. The van der Waals surface area contributed by atoms with Gasteiger partial charge in [0.15, 0.2) is 0 Å². The van der Waals surface area contributed by atoms with Crippen LogP contribution in [0.5, 0.6) is 0 Å². The number of hydrogen-bond donors (Lipinski definition) is 0. The van der Waals surface area contributed by atoms with E-state index in [1.54, 1.807) is 4.57 Å². The van der Waals surface area contributed by atoms with E-state index in [1.165, 1.54) is 0 Å². The standard InChI is InChI=1S/C17H16BrN3O/c1-11-19-16-9-4-12(18)10-15(16)17(22)21(11)14-7-5-13(6-8-14)20(2)3/h4-10H,1-3H3. The van der Waals surface area contributed by atoms with Crippen LogP contribution in [-0.4, -0.2) is 23.6 Å². The monoisotopic (exact) mass is 357 g/mol. The molecule has 0 unspecified atom stereocenters. The van der Waals surface area contributed by atoms with Gasteiger partial charge in [0, 0.05) is 24.3 Å². The molecule has 22 heavy (non-hydrogen) atoms. The molecule has 0 atom stereocenters. The summed E-state index contributed by atoms with van der Waals surface area (Å²) in [5.74, 6) is 0.678. The van der Waals surface area contributed by atoms with Gasteiger partial charge in [-0.3, -0.25) is 9.36 Å². The lowest BCUT2D eigenvalue weighted by molar-refractivity contribution is 0.894. The van der Waals surface area contributed by atoms with Crippen LogP contribution < -0.4 is 10.5 Å². The molecule has 0 spiro atoms. The molecule has 0 amide bonds. The Hall–Kier alpha value is -2.14. The van der Waals surface area contributed by atoms with E-state index in [9.17, 15) is 4.79 Å². The van der Waals surface area contributed by atoms with Gasteiger partial charge in [0.2, 0.25) is 0 Å². The van der Waals surface area contributed by atoms with Crippen molar-refractivity contribution in [2.75, 3.05) is 19.0 Å². The van der Waals surface area contributed by atoms with Gasteiger partial charge < -0.3 is 4.90 Å². The zero-order valence-corrected chi connectivity index (χ0v) is 14.3. The van der Waals surface area contributed by atoms with E-state index in [0.29, 0.717) is 16.7 Å². The number of anilines is 1. The van der Waals surface area contributed by atoms with Crippen LogP contribution in [0.15, 0.2) is 51.7 Å². The molecule has 3 aromatic rings. The third-order valence-electron chi connectivity index (χ3n) is 3.62. The second-order valence-corrected chi connectivity index (χ2v) is 6.29. The van der Waals surface area contributed by atoms with Crippen LogP contribution in [0.1, 0.15) is 5.82 Å². The molecule has 0 radical (unpaired) electrons. The van der Waals surface area contributed by atoms with Crippen molar-refractivity contribution in [2.24, 2.45) is 0 Å². The summed E-state index contributed by atoms with van der Waals surface area (Å²) in [6, 6.07) is 13.4. The van der Waals surface area contributed by atoms with Gasteiger partial charge in [-0.2, -0.15) is 0 Å². The minimum absolute atomic E-state index is 0.0543. The first-order valence-corrected chi connectivity index (χ1v) is 7.73. The molecular formula is C17H16BrN3O. The molecule has 1 heterocycles. The van der Waals surface area contributed by atoms with Gasteiger partial charge >= 0.3 is 0 Å². The Kier molecular flexibility index (Phi) is 3.74. The van der Waals surface area contributed by atoms with Crippen LogP contribution in [0.25, 0.3) is 16.6 Å². The molecule has 0 saturated carbocycles. The van der Waals surface area contributed by atoms with Crippen molar-refractivity contribution in [2.45, 2.75) is 6.92 Å². The SMILES string of the molecule is Cc1nc2ccc(Br)cc2c(=O)n1-c1ccc(N(C)C)cc1. The second-order valence-electron chi connectivity index (χ2n) is 5.37. The largest absolute Gasteiger partial charge is 0.378 e. The van der Waals surface area contributed by atoms with E-state index in [1.807, 2.05) is 68.4 Å². The topological polar surface area (TPSA) is 38.1 Å². The number of benzene rings is 2. The van der Waals surface area contributed by atoms with Gasteiger partial charge in [0.25, 0.3) is 5.56 Å². The van der Waals surface area contributed by atoms with Crippen molar-refractivity contribution in [1.29, 1.82) is 0 Å². The minimum atomic E-state index is -0.0543. The fraction of sp³-hybridized carbons (Fsp3) is 0.176. The van der Waals surface area contributed by atoms with Crippen LogP contribution in [-0.2, 0) is 0 Å². The number of aryl methyl sites for hydroxylation is 1. The van der Waals surface area contributed by atoms with Gasteiger partial charge in [-0.1, -0.05) is 15.9 Å². The molecule has 0 N–H and O–H groups in total. The van der Waals surface area contributed by atoms with E-state index in [-0.39, 0.29) is 5.56 Å². The maximum atomic E-state index is 12.8. The number of fused-ring (bicyclic) bond motifs is 1. The predicted octanol–water partition coefficient (Wildman–Crippen LogP) is 3.52. The van der Waals surface area contributed by atoms with Crippen LogP contribution in [0.2, 0.25) is 0 Å². The van der Waals surface area contributed by atoms with Gasteiger partial charge in [0.05, 0.1) is 16.6 Å². The molecule has 4 nitrogen and oxygen atoms in total. The molecule has 5 heteroatoms. The average Bonchev–Trinajstić information content (AvgIpc) is 2.49. The first-order valence-electron chi connectivity index (χ1n) is 6.94. The first-order chi connectivity index (χ1) is 10.5. The van der Waals surface area contributed by atoms with E-state index in [2.05, 4.69) is 20.9 Å². The third kappa shape index (κ3) is 2.52. The van der Waals surface area contributed by atoms with E-state index >= 15 is 0 Å². The summed E-state index contributed by atoms with van der Waals surface area (Å²) < 4.78 is 2.52. The van der Waals surface area contributed by atoms with Gasteiger partial charge in [0.1, 0.15) is 5.82 Å². The maximum absolute atomic E-state index is 12.8. The number of nitrogens with zero attached hydrogens (tertiary/aromatic N) is 3. The highest BCUT2D eigenvalue weighted by Gasteiger charge is 2.10. The third-order valence-corrected chi connectivity index (χ3v) is 4.12. The highest BCUT2D eigenvalue weighted by molar-refractivity contribution is 9.10. The van der Waals surface area contributed by atoms with Crippen LogP contribution in [0.3, 0.4) is 0 Å². The summed E-state index contributed by atoms with van der Waals surface area (Å²) in [6.45, 7) is 1.85. The number of aromatic nitrogens is 2. The molecule has 0 fully saturated rings. The summed E-state index contributed by atoms with van der Waals surface area (Å²) in [7, 11) is 3.98. The summed E-state index contributed by atoms with van der Waals surface area (Å²) in [5, 5.41) is 0.608. The van der Waals surface area contributed by atoms with E-state index in [4.69, 9.17) is 0 Å². The molecule has 0 aliphatic rings. The number of halogens is 1. The Labute approximate surface area is 137 Å². The van der Waals surface area contributed by atoms with E-state index in [0.717, 1.165) is 15.8 Å². The van der Waals surface area contributed by atoms with Gasteiger partial charge in [-0.25, -0.2) is 4.98 Å². The predicted molar refractivity (Wildman–Crippen MR) is 94.1 cm³/mol. The Morgan fingerprint density at radius 2 is 1.77 bits per heavy atom. The summed E-state index contributed by atoms with van der Waals surface area (Å²) >= 11 is 3.41. The lowest BCUT2D eigenvalue weighted by atomic mass is 10.2. The Balaban J connectivity index is 2.24. The quantitative estimate of drug-likeness (QED) is 0.704. The minimum Gasteiger partial charge on any atom is -0.378 e. The Morgan fingerprint density at radius 1 is 1.09 bits per heavy atom. The molecule has 0 aliphatic heterocycles. The Morgan fingerprint density at radius 3 is 2.41 bits per heavy atom. The zero-order valence-electron chi connectivity index (χ0n) is 12.7. The van der Waals surface area contributed by atoms with Crippen LogP contribution in [0.4, 0.5) is 5.69 Å². The smallest absolute Gasteiger partial charge is 0.265 e. The molecular weight excluding hydrogens is 342 g/mol. The van der Waals surface area contributed by atoms with Crippen molar-refractivity contribution in [3.8, 4) is 5.69 Å². The average molecular weight is 358 g/mol. The van der Waals surface area contributed by atoms with Crippen LogP contribution in [0, 0.1) is 6.92 Å². The molecule has 3 rings (SSSR count).